The highest BCUT2D eigenvalue weighted by atomic mass is 16.2. The number of rotatable bonds is 3. The third kappa shape index (κ3) is 3.71. The van der Waals surface area contributed by atoms with Crippen molar-refractivity contribution in [3.63, 3.8) is 0 Å². The molecule has 5 heteroatoms. The zero-order valence-corrected chi connectivity index (χ0v) is 14.6. The fourth-order valence-corrected chi connectivity index (χ4v) is 3.96. The molecule has 2 saturated heterocycles. The summed E-state index contributed by atoms with van der Waals surface area (Å²) in [4.78, 5) is 25.7. The smallest absolute Gasteiger partial charge is 0.222 e. The Kier molecular flexibility index (Phi) is 4.67. The van der Waals surface area contributed by atoms with Crippen molar-refractivity contribution >= 4 is 5.91 Å². The minimum Gasteiger partial charge on any atom is -0.336 e. The summed E-state index contributed by atoms with van der Waals surface area (Å²) >= 11 is 0. The number of aromatic nitrogens is 2. The third-order valence-corrected chi connectivity index (χ3v) is 5.36. The van der Waals surface area contributed by atoms with Crippen molar-refractivity contribution in [2.45, 2.75) is 59.0 Å². The predicted octanol–water partition coefficient (Wildman–Crippen LogP) is 2.40. The highest BCUT2D eigenvalue weighted by Gasteiger charge is 2.42. The van der Waals surface area contributed by atoms with Gasteiger partial charge in [0, 0.05) is 37.2 Å². The van der Waals surface area contributed by atoms with Gasteiger partial charge in [-0.3, -0.25) is 14.8 Å². The Morgan fingerprint density at radius 1 is 1.22 bits per heavy atom. The van der Waals surface area contributed by atoms with Crippen LogP contribution in [0, 0.1) is 12.3 Å². The van der Waals surface area contributed by atoms with E-state index in [1.807, 2.05) is 11.8 Å². The van der Waals surface area contributed by atoms with E-state index in [1.165, 1.54) is 19.4 Å². The van der Waals surface area contributed by atoms with Gasteiger partial charge in [-0.2, -0.15) is 0 Å². The number of carbonyl (C=O) groups excluding carboxylic acids is 1. The average molecular weight is 316 g/mol. The summed E-state index contributed by atoms with van der Waals surface area (Å²) in [5.41, 5.74) is 2.07. The first-order chi connectivity index (χ1) is 11.0. The summed E-state index contributed by atoms with van der Waals surface area (Å²) in [5, 5.41) is 0. The van der Waals surface area contributed by atoms with Crippen molar-refractivity contribution < 1.29 is 4.79 Å². The minimum absolute atomic E-state index is 0.264. The summed E-state index contributed by atoms with van der Waals surface area (Å²) in [6.07, 6.45) is 7.76. The first-order valence-electron chi connectivity index (χ1n) is 8.77. The van der Waals surface area contributed by atoms with E-state index in [0.717, 1.165) is 30.9 Å². The monoisotopic (exact) mass is 316 g/mol. The highest BCUT2D eigenvalue weighted by molar-refractivity contribution is 5.77. The van der Waals surface area contributed by atoms with Crippen LogP contribution < -0.4 is 0 Å². The molecule has 2 fully saturated rings. The lowest BCUT2D eigenvalue weighted by atomic mass is 9.73. The van der Waals surface area contributed by atoms with Gasteiger partial charge in [0.15, 0.2) is 0 Å². The molecular formula is C18H28N4O. The maximum absolute atomic E-state index is 12.4. The number of hydrogen-bond acceptors (Lipinski definition) is 4. The molecule has 3 rings (SSSR count). The van der Waals surface area contributed by atoms with Gasteiger partial charge in [-0.25, -0.2) is 0 Å². The molecule has 1 spiro atoms. The van der Waals surface area contributed by atoms with E-state index >= 15 is 0 Å². The molecule has 0 aliphatic carbocycles. The zero-order valence-electron chi connectivity index (χ0n) is 14.6. The summed E-state index contributed by atoms with van der Waals surface area (Å²) in [7, 11) is 0. The van der Waals surface area contributed by atoms with Crippen molar-refractivity contribution in [2.75, 3.05) is 19.6 Å². The fourth-order valence-electron chi connectivity index (χ4n) is 3.96. The topological polar surface area (TPSA) is 49.3 Å². The van der Waals surface area contributed by atoms with Crippen LogP contribution in [0.1, 0.15) is 50.9 Å². The Balaban J connectivity index is 1.71. The molecule has 0 radical (unpaired) electrons. The van der Waals surface area contributed by atoms with E-state index in [9.17, 15) is 4.79 Å². The van der Waals surface area contributed by atoms with Gasteiger partial charge in [-0.15, -0.1) is 0 Å². The number of likely N-dealkylation sites (tertiary alicyclic amines) is 2. The second-order valence-corrected chi connectivity index (χ2v) is 7.57. The van der Waals surface area contributed by atoms with E-state index in [-0.39, 0.29) is 11.3 Å². The van der Waals surface area contributed by atoms with Crippen molar-refractivity contribution in [1.82, 2.24) is 19.8 Å². The quantitative estimate of drug-likeness (QED) is 0.859. The van der Waals surface area contributed by atoms with E-state index in [2.05, 4.69) is 28.7 Å². The van der Waals surface area contributed by atoms with Gasteiger partial charge >= 0.3 is 0 Å². The van der Waals surface area contributed by atoms with Gasteiger partial charge < -0.3 is 9.80 Å². The summed E-state index contributed by atoms with van der Waals surface area (Å²) in [6, 6.07) is 0.584. The largest absolute Gasteiger partial charge is 0.336 e. The molecule has 3 heterocycles. The number of aryl methyl sites for hydroxylation is 1. The number of amides is 1. The lowest BCUT2D eigenvalue weighted by molar-refractivity contribution is -0.140. The molecule has 1 aromatic heterocycles. The van der Waals surface area contributed by atoms with E-state index in [4.69, 9.17) is 0 Å². The molecule has 2 aliphatic rings. The molecule has 1 aromatic rings. The molecule has 5 nitrogen and oxygen atoms in total. The van der Waals surface area contributed by atoms with Crippen molar-refractivity contribution in [2.24, 2.45) is 5.41 Å². The molecule has 0 saturated carbocycles. The van der Waals surface area contributed by atoms with Gasteiger partial charge in [0.05, 0.1) is 24.1 Å². The number of carbonyl (C=O) groups is 1. The molecule has 23 heavy (non-hydrogen) atoms. The van der Waals surface area contributed by atoms with E-state index < -0.39 is 0 Å². The van der Waals surface area contributed by atoms with Gasteiger partial charge in [-0.05, 0) is 46.6 Å². The van der Waals surface area contributed by atoms with E-state index in [0.29, 0.717) is 19.0 Å². The first kappa shape index (κ1) is 16.4. The Labute approximate surface area is 139 Å². The van der Waals surface area contributed by atoms with Gasteiger partial charge in [0.2, 0.25) is 5.91 Å². The van der Waals surface area contributed by atoms with Crippen LogP contribution in [0.15, 0.2) is 12.4 Å². The van der Waals surface area contributed by atoms with Crippen LogP contribution in [0.5, 0.6) is 0 Å². The molecule has 1 amide bonds. The van der Waals surface area contributed by atoms with Crippen molar-refractivity contribution in [1.29, 1.82) is 0 Å². The minimum atomic E-state index is 0.264. The van der Waals surface area contributed by atoms with Gasteiger partial charge in [0.25, 0.3) is 0 Å². The predicted molar refractivity (Wildman–Crippen MR) is 89.8 cm³/mol. The second kappa shape index (κ2) is 6.56. The number of hydrogen-bond donors (Lipinski definition) is 0. The van der Waals surface area contributed by atoms with Gasteiger partial charge in [-0.1, -0.05) is 0 Å². The van der Waals surface area contributed by atoms with Crippen molar-refractivity contribution in [3.8, 4) is 0 Å². The van der Waals surface area contributed by atoms with E-state index in [1.54, 1.807) is 12.4 Å². The third-order valence-electron chi connectivity index (χ3n) is 5.36. The van der Waals surface area contributed by atoms with Crippen LogP contribution in [0.3, 0.4) is 0 Å². The first-order valence-corrected chi connectivity index (χ1v) is 8.77. The Hall–Kier alpha value is -1.49. The normalized spacial score (nSPS) is 26.3. The standard InChI is InChI=1S/C18H28N4O/c1-14(2)21-8-4-6-18(12-21)7-5-17(23)22(13-18)11-16-10-19-15(3)9-20-16/h9-10,14H,4-8,11-13H2,1-3H3/t18-/m0/s1. The van der Waals surface area contributed by atoms with Crippen LogP contribution >= 0.6 is 0 Å². The Morgan fingerprint density at radius 2 is 2.04 bits per heavy atom. The summed E-state index contributed by atoms with van der Waals surface area (Å²) < 4.78 is 0. The Morgan fingerprint density at radius 3 is 2.74 bits per heavy atom. The average Bonchev–Trinajstić information content (AvgIpc) is 2.53. The molecule has 0 bridgehead atoms. The lowest BCUT2D eigenvalue weighted by Gasteiger charge is -2.49. The van der Waals surface area contributed by atoms with Crippen LogP contribution in [0.4, 0.5) is 0 Å². The Bertz CT molecular complexity index is 557. The maximum atomic E-state index is 12.4. The molecular weight excluding hydrogens is 288 g/mol. The molecule has 0 aromatic carbocycles. The summed E-state index contributed by atoms with van der Waals surface area (Å²) in [6.45, 7) is 10.2. The zero-order chi connectivity index (χ0) is 16.4. The summed E-state index contributed by atoms with van der Waals surface area (Å²) in [5.74, 6) is 0.264. The molecule has 0 N–H and O–H groups in total. The SMILES string of the molecule is Cc1cnc(CN2C[C@@]3(CCCN(C(C)C)C3)CCC2=O)cn1. The molecule has 1 atom stereocenters. The lowest BCUT2D eigenvalue weighted by Crippen LogP contribution is -2.54. The molecule has 126 valence electrons. The van der Waals surface area contributed by atoms with Crippen LogP contribution in [-0.4, -0.2) is 51.4 Å². The number of piperidine rings is 2. The number of nitrogens with zero attached hydrogens (tertiary/aromatic N) is 4. The van der Waals surface area contributed by atoms with Crippen LogP contribution in [0.25, 0.3) is 0 Å². The molecule has 2 aliphatic heterocycles. The second-order valence-electron chi connectivity index (χ2n) is 7.57. The van der Waals surface area contributed by atoms with Crippen molar-refractivity contribution in [3.05, 3.63) is 23.8 Å². The highest BCUT2D eigenvalue weighted by Crippen LogP contribution is 2.39. The fraction of sp³-hybridized carbons (Fsp3) is 0.722. The maximum Gasteiger partial charge on any atom is 0.222 e. The van der Waals surface area contributed by atoms with Gasteiger partial charge in [0.1, 0.15) is 0 Å². The molecule has 0 unspecified atom stereocenters. The van der Waals surface area contributed by atoms with Crippen LogP contribution in [0.2, 0.25) is 0 Å². The van der Waals surface area contributed by atoms with Crippen LogP contribution in [-0.2, 0) is 11.3 Å².